The van der Waals surface area contributed by atoms with Crippen molar-refractivity contribution in [3.63, 3.8) is 0 Å². The molecule has 0 bridgehead atoms. The van der Waals surface area contributed by atoms with Crippen LogP contribution in [0.15, 0.2) is 102 Å². The molecule has 10 nitrogen and oxygen atoms in total. The number of nitrogens with zero attached hydrogens (tertiary/aromatic N) is 2. The second kappa shape index (κ2) is 16.9. The van der Waals surface area contributed by atoms with Gasteiger partial charge in [0.25, 0.3) is 5.91 Å². The van der Waals surface area contributed by atoms with Crippen LogP contribution in [0, 0.1) is 5.92 Å². The van der Waals surface area contributed by atoms with Gasteiger partial charge in [-0.25, -0.2) is 9.78 Å². The van der Waals surface area contributed by atoms with Gasteiger partial charge in [0, 0.05) is 13.6 Å². The molecule has 0 aliphatic carbocycles. The summed E-state index contributed by atoms with van der Waals surface area (Å²) in [6, 6.07) is 26.7. The van der Waals surface area contributed by atoms with E-state index in [1.54, 1.807) is 7.05 Å². The van der Waals surface area contributed by atoms with Crippen LogP contribution in [0.1, 0.15) is 65.9 Å². The molecule has 3 amide bonds. The van der Waals surface area contributed by atoms with Crippen LogP contribution in [-0.4, -0.2) is 52.0 Å². The van der Waals surface area contributed by atoms with E-state index >= 15 is 0 Å². The zero-order chi connectivity index (χ0) is 32.9. The highest BCUT2D eigenvalue weighted by atomic mass is 16.5. The number of aliphatic hydroxyl groups is 1. The Bertz CT molecular complexity index is 1530. The van der Waals surface area contributed by atoms with Crippen molar-refractivity contribution < 1.29 is 28.6 Å². The molecular formula is C36H42N4O6. The minimum absolute atomic E-state index is 0.0427. The van der Waals surface area contributed by atoms with Gasteiger partial charge in [-0.1, -0.05) is 105 Å². The third-order valence-corrected chi connectivity index (χ3v) is 7.43. The lowest BCUT2D eigenvalue weighted by Crippen LogP contribution is -2.51. The molecule has 0 spiro atoms. The summed E-state index contributed by atoms with van der Waals surface area (Å²) < 4.78 is 10.9. The summed E-state index contributed by atoms with van der Waals surface area (Å²) in [4.78, 5) is 45.2. The van der Waals surface area contributed by atoms with Crippen molar-refractivity contribution >= 4 is 17.9 Å². The van der Waals surface area contributed by atoms with Gasteiger partial charge in [0.05, 0.1) is 6.04 Å². The molecule has 0 saturated carbocycles. The minimum atomic E-state index is -1.36. The number of amides is 3. The Morgan fingerprint density at radius 1 is 0.870 bits per heavy atom. The maximum absolute atomic E-state index is 13.6. The van der Waals surface area contributed by atoms with Crippen molar-refractivity contribution in [3.8, 4) is 0 Å². The molecule has 4 aromatic rings. The molecule has 0 aliphatic rings. The van der Waals surface area contributed by atoms with Gasteiger partial charge in [0.1, 0.15) is 18.9 Å². The van der Waals surface area contributed by atoms with Crippen molar-refractivity contribution in [2.75, 3.05) is 7.05 Å². The lowest BCUT2D eigenvalue weighted by molar-refractivity contribution is -0.125. The highest BCUT2D eigenvalue weighted by Crippen LogP contribution is 2.22. The van der Waals surface area contributed by atoms with Crippen LogP contribution in [0.4, 0.5) is 4.79 Å². The van der Waals surface area contributed by atoms with Crippen molar-refractivity contribution in [1.29, 1.82) is 0 Å². The predicted octanol–water partition coefficient (Wildman–Crippen LogP) is 5.44. The van der Waals surface area contributed by atoms with Gasteiger partial charge < -0.3 is 29.8 Å². The van der Waals surface area contributed by atoms with Crippen LogP contribution in [-0.2, 0) is 29.1 Å². The van der Waals surface area contributed by atoms with Crippen molar-refractivity contribution in [2.24, 2.45) is 5.92 Å². The summed E-state index contributed by atoms with van der Waals surface area (Å²) in [5, 5.41) is 17.0. The van der Waals surface area contributed by atoms with Gasteiger partial charge in [0.2, 0.25) is 11.8 Å². The molecule has 46 heavy (non-hydrogen) atoms. The first-order chi connectivity index (χ1) is 22.2. The van der Waals surface area contributed by atoms with E-state index in [0.29, 0.717) is 25.8 Å². The van der Waals surface area contributed by atoms with Gasteiger partial charge >= 0.3 is 6.09 Å². The van der Waals surface area contributed by atoms with Gasteiger partial charge in [-0.2, -0.15) is 0 Å². The number of aryl methyl sites for hydroxylation is 1. The number of ether oxygens (including phenoxy) is 1. The number of benzene rings is 3. The Morgan fingerprint density at radius 2 is 1.46 bits per heavy atom. The Balaban J connectivity index is 1.46. The molecule has 1 heterocycles. The number of hydrogen-bond acceptors (Lipinski definition) is 7. The van der Waals surface area contributed by atoms with Crippen LogP contribution < -0.4 is 10.6 Å². The molecule has 0 fully saturated rings. The SMILES string of the molecule is CC(C)CC(NC(=O)OCc1ccccc1)C(=O)NC(CCc1ccccc1)C(O)c1nc(C(=O)N(C)Cc2ccccc2)co1. The largest absolute Gasteiger partial charge is 0.445 e. The van der Waals surface area contributed by atoms with Crippen molar-refractivity contribution in [1.82, 2.24) is 20.5 Å². The van der Waals surface area contributed by atoms with Crippen LogP contribution >= 0.6 is 0 Å². The lowest BCUT2D eigenvalue weighted by atomic mass is 9.99. The topological polar surface area (TPSA) is 134 Å². The van der Waals surface area contributed by atoms with Gasteiger partial charge in [-0.05, 0) is 41.9 Å². The van der Waals surface area contributed by atoms with E-state index < -0.39 is 30.2 Å². The summed E-state index contributed by atoms with van der Waals surface area (Å²) in [5.74, 6) is -0.865. The Hall–Kier alpha value is -4.96. The highest BCUT2D eigenvalue weighted by Gasteiger charge is 2.31. The van der Waals surface area contributed by atoms with Crippen molar-refractivity contribution in [2.45, 2.75) is 64.4 Å². The highest BCUT2D eigenvalue weighted by molar-refractivity contribution is 5.91. The summed E-state index contributed by atoms with van der Waals surface area (Å²) in [6.07, 6.45) is 0.350. The van der Waals surface area contributed by atoms with E-state index in [1.807, 2.05) is 105 Å². The lowest BCUT2D eigenvalue weighted by Gasteiger charge is -2.26. The van der Waals surface area contributed by atoms with E-state index in [4.69, 9.17) is 9.15 Å². The summed E-state index contributed by atoms with van der Waals surface area (Å²) in [7, 11) is 1.66. The molecule has 0 saturated heterocycles. The van der Waals surface area contributed by atoms with Crippen molar-refractivity contribution in [3.05, 3.63) is 126 Å². The zero-order valence-electron chi connectivity index (χ0n) is 26.5. The third kappa shape index (κ3) is 10.3. The monoisotopic (exact) mass is 626 g/mol. The second-order valence-corrected chi connectivity index (χ2v) is 11.7. The average molecular weight is 627 g/mol. The fourth-order valence-electron chi connectivity index (χ4n) is 4.99. The van der Waals surface area contributed by atoms with Gasteiger partial charge in [-0.3, -0.25) is 9.59 Å². The molecule has 3 N–H and O–H groups in total. The number of aromatic nitrogens is 1. The van der Waals surface area contributed by atoms with E-state index in [9.17, 15) is 19.5 Å². The summed E-state index contributed by atoms with van der Waals surface area (Å²) in [6.45, 7) is 4.32. The number of nitrogens with one attached hydrogen (secondary N) is 2. The number of carbonyl (C=O) groups is 3. The number of oxazole rings is 1. The normalized spacial score (nSPS) is 13.0. The maximum atomic E-state index is 13.6. The number of aliphatic hydroxyl groups excluding tert-OH is 1. The third-order valence-electron chi connectivity index (χ3n) is 7.43. The first kappa shape index (κ1) is 33.9. The molecule has 0 aliphatic heterocycles. The smallest absolute Gasteiger partial charge is 0.408 e. The standard InChI is InChI=1S/C36H42N4O6/c1-25(2)21-30(39-36(44)46-23-28-17-11-6-12-18-28)33(42)37-29(20-19-26-13-7-4-8-14-26)32(41)34-38-31(24-45-34)35(43)40(3)22-27-15-9-5-10-16-27/h4-18,24-25,29-30,32,41H,19-23H2,1-3H3,(H,37,42)(H,39,44). The molecule has 0 radical (unpaired) electrons. The number of rotatable bonds is 15. The molecule has 3 unspecified atom stereocenters. The first-order valence-electron chi connectivity index (χ1n) is 15.4. The molecule has 3 atom stereocenters. The van der Waals surface area contributed by atoms with Gasteiger partial charge in [0.15, 0.2) is 11.8 Å². The molecule has 3 aromatic carbocycles. The van der Waals surface area contributed by atoms with Crippen LogP contribution in [0.2, 0.25) is 0 Å². The molecule has 1 aromatic heterocycles. The first-order valence-corrected chi connectivity index (χ1v) is 15.4. The second-order valence-electron chi connectivity index (χ2n) is 11.7. The van der Waals surface area contributed by atoms with Crippen LogP contribution in [0.25, 0.3) is 0 Å². The summed E-state index contributed by atoms with van der Waals surface area (Å²) >= 11 is 0. The van der Waals surface area contributed by atoms with E-state index in [-0.39, 0.29) is 30.0 Å². The van der Waals surface area contributed by atoms with E-state index in [0.717, 1.165) is 16.7 Å². The molecule has 242 valence electrons. The maximum Gasteiger partial charge on any atom is 0.408 e. The fourth-order valence-corrected chi connectivity index (χ4v) is 4.99. The average Bonchev–Trinajstić information content (AvgIpc) is 3.56. The molecular weight excluding hydrogens is 584 g/mol. The Kier molecular flexibility index (Phi) is 12.5. The zero-order valence-corrected chi connectivity index (χ0v) is 26.5. The minimum Gasteiger partial charge on any atom is -0.445 e. The van der Waals surface area contributed by atoms with Gasteiger partial charge in [-0.15, -0.1) is 0 Å². The van der Waals surface area contributed by atoms with E-state index in [1.165, 1.54) is 11.2 Å². The number of alkyl carbamates (subject to hydrolysis) is 1. The van der Waals surface area contributed by atoms with E-state index in [2.05, 4.69) is 15.6 Å². The van der Waals surface area contributed by atoms with Crippen LogP contribution in [0.3, 0.4) is 0 Å². The fraction of sp³-hybridized carbons (Fsp3) is 0.333. The number of hydrogen-bond donors (Lipinski definition) is 3. The molecule has 10 heteroatoms. The Labute approximate surface area is 269 Å². The predicted molar refractivity (Wildman–Crippen MR) is 173 cm³/mol. The van der Waals surface area contributed by atoms with Crippen LogP contribution in [0.5, 0.6) is 0 Å². The molecule has 4 rings (SSSR count). The Morgan fingerprint density at radius 3 is 2.07 bits per heavy atom. The quantitative estimate of drug-likeness (QED) is 0.160. The summed E-state index contributed by atoms with van der Waals surface area (Å²) in [5.41, 5.74) is 2.84. The number of carbonyl (C=O) groups excluding carboxylic acids is 3.